The summed E-state index contributed by atoms with van der Waals surface area (Å²) in [7, 11) is 0. The molecule has 0 N–H and O–H groups in total. The third-order valence-electron chi connectivity index (χ3n) is 8.42. The second-order valence-corrected chi connectivity index (χ2v) is 11.3. The lowest BCUT2D eigenvalue weighted by Crippen LogP contribution is -2.45. The van der Waals surface area contributed by atoms with E-state index in [4.69, 9.17) is 14.8 Å². The van der Waals surface area contributed by atoms with Crippen molar-refractivity contribution in [3.63, 3.8) is 0 Å². The monoisotopic (exact) mass is 469 g/mol. The van der Waals surface area contributed by atoms with Gasteiger partial charge in [-0.25, -0.2) is 9.50 Å². The Morgan fingerprint density at radius 2 is 1.91 bits per heavy atom. The molecule has 3 aromatic heterocycles. The summed E-state index contributed by atoms with van der Waals surface area (Å²) in [6.07, 6.45) is 6.94. The number of fused-ring (bicyclic) bond motifs is 2. The molecule has 0 spiro atoms. The van der Waals surface area contributed by atoms with Gasteiger partial charge >= 0.3 is 0 Å². The van der Waals surface area contributed by atoms with E-state index in [1.54, 1.807) is 4.80 Å². The highest BCUT2D eigenvalue weighted by Crippen LogP contribution is 2.63. The molecule has 4 aromatic rings. The minimum absolute atomic E-state index is 0.0839. The van der Waals surface area contributed by atoms with Crippen LogP contribution in [0.2, 0.25) is 0 Å². The molecule has 1 atom stereocenters. The van der Waals surface area contributed by atoms with Crippen LogP contribution in [0.25, 0.3) is 5.65 Å². The van der Waals surface area contributed by atoms with Crippen LogP contribution < -0.4 is 4.90 Å². The van der Waals surface area contributed by atoms with Crippen LogP contribution in [0, 0.1) is 19.3 Å². The summed E-state index contributed by atoms with van der Waals surface area (Å²) < 4.78 is 8.31. The van der Waals surface area contributed by atoms with Gasteiger partial charge in [0, 0.05) is 23.9 Å². The van der Waals surface area contributed by atoms with E-state index in [1.165, 1.54) is 11.3 Å². The van der Waals surface area contributed by atoms with Crippen molar-refractivity contribution in [3.8, 4) is 0 Å². The van der Waals surface area contributed by atoms with E-state index in [-0.39, 0.29) is 16.4 Å². The lowest BCUT2D eigenvalue weighted by molar-refractivity contribution is -0.0329. The van der Waals surface area contributed by atoms with E-state index in [2.05, 4.69) is 71.5 Å². The van der Waals surface area contributed by atoms with E-state index in [1.807, 2.05) is 17.6 Å². The summed E-state index contributed by atoms with van der Waals surface area (Å²) in [6.45, 7) is 10.0. The first-order valence-electron chi connectivity index (χ1n) is 12.5. The van der Waals surface area contributed by atoms with Crippen molar-refractivity contribution >= 4 is 11.3 Å². The highest BCUT2D eigenvalue weighted by atomic mass is 16.5. The predicted molar refractivity (Wildman–Crippen MR) is 132 cm³/mol. The maximum atomic E-state index is 6.34. The number of benzene rings is 1. The molecule has 8 rings (SSSR count). The summed E-state index contributed by atoms with van der Waals surface area (Å²) in [5.74, 6) is 0.811. The molecule has 6 heterocycles. The summed E-state index contributed by atoms with van der Waals surface area (Å²) in [4.78, 5) is 9.25. The second-order valence-electron chi connectivity index (χ2n) is 11.3. The number of aromatic nitrogens is 6. The van der Waals surface area contributed by atoms with Crippen molar-refractivity contribution in [1.82, 2.24) is 29.6 Å². The molecule has 1 aliphatic carbocycles. The van der Waals surface area contributed by atoms with Gasteiger partial charge in [-0.15, -0.1) is 5.10 Å². The Morgan fingerprint density at radius 1 is 1.09 bits per heavy atom. The molecule has 4 fully saturated rings. The number of hydrogen-bond acceptors (Lipinski definition) is 6. The largest absolute Gasteiger partial charge is 0.369 e. The van der Waals surface area contributed by atoms with E-state index >= 15 is 0 Å². The van der Waals surface area contributed by atoms with Crippen molar-refractivity contribution in [2.24, 2.45) is 5.41 Å². The number of nitrogens with zero attached hydrogens (tertiary/aromatic N) is 7. The van der Waals surface area contributed by atoms with Gasteiger partial charge in [-0.1, -0.05) is 37.3 Å². The summed E-state index contributed by atoms with van der Waals surface area (Å²) in [5.41, 5.74) is 5.49. The first-order chi connectivity index (χ1) is 16.9. The fourth-order valence-corrected chi connectivity index (χ4v) is 6.55. The fourth-order valence-electron chi connectivity index (χ4n) is 6.55. The molecule has 8 nitrogen and oxygen atoms in total. The number of hydrogen-bond donors (Lipinski definition) is 0. The van der Waals surface area contributed by atoms with Crippen LogP contribution in [0.4, 0.5) is 5.69 Å². The Morgan fingerprint density at radius 3 is 2.69 bits per heavy atom. The van der Waals surface area contributed by atoms with Crippen LogP contribution in [0.5, 0.6) is 0 Å². The minimum Gasteiger partial charge on any atom is -0.369 e. The van der Waals surface area contributed by atoms with Crippen LogP contribution in [0.1, 0.15) is 48.8 Å². The van der Waals surface area contributed by atoms with Gasteiger partial charge in [-0.2, -0.15) is 15.0 Å². The summed E-state index contributed by atoms with van der Waals surface area (Å²) in [6, 6.07) is 13.1. The van der Waals surface area contributed by atoms with Gasteiger partial charge in [-0.3, -0.25) is 0 Å². The Balaban J connectivity index is 1.14. The summed E-state index contributed by atoms with van der Waals surface area (Å²) in [5, 5.41) is 13.8. The van der Waals surface area contributed by atoms with Crippen molar-refractivity contribution in [1.29, 1.82) is 0 Å². The SMILES string of the molecule is Cc1cnn(CC23COC(c4nc5c(C)cc(N6CC[C@](C)(c7ccccc7)C6)cn5n4)(C2)C3)n1. The van der Waals surface area contributed by atoms with Crippen LogP contribution >= 0.6 is 0 Å². The topological polar surface area (TPSA) is 73.4 Å². The van der Waals surface area contributed by atoms with E-state index in [0.717, 1.165) is 61.6 Å². The van der Waals surface area contributed by atoms with Crippen LogP contribution in [-0.4, -0.2) is 49.3 Å². The fraction of sp³-hybridized carbons (Fsp3) is 0.481. The molecule has 1 aromatic carbocycles. The third-order valence-corrected chi connectivity index (χ3v) is 8.42. The first kappa shape index (κ1) is 21.1. The normalized spacial score (nSPS) is 29.7. The highest BCUT2D eigenvalue weighted by Gasteiger charge is 2.65. The molecule has 8 heteroatoms. The molecule has 3 saturated heterocycles. The lowest BCUT2D eigenvalue weighted by Gasteiger charge is -2.42. The molecule has 0 radical (unpaired) electrons. The van der Waals surface area contributed by atoms with Gasteiger partial charge in [0.15, 0.2) is 11.5 Å². The quantitative estimate of drug-likeness (QED) is 0.443. The zero-order chi connectivity index (χ0) is 23.8. The first-order valence-corrected chi connectivity index (χ1v) is 12.5. The van der Waals surface area contributed by atoms with Crippen molar-refractivity contribution in [3.05, 3.63) is 71.4 Å². The Bertz CT molecular complexity index is 1420. The molecule has 0 amide bonds. The molecule has 35 heavy (non-hydrogen) atoms. The van der Waals surface area contributed by atoms with Crippen LogP contribution in [0.15, 0.2) is 48.8 Å². The predicted octanol–water partition coefficient (Wildman–Crippen LogP) is 3.81. The molecule has 0 unspecified atom stereocenters. The average Bonchev–Trinajstić information content (AvgIpc) is 3.63. The summed E-state index contributed by atoms with van der Waals surface area (Å²) >= 11 is 0. The molecule has 3 aliphatic heterocycles. The van der Waals surface area contributed by atoms with Crippen LogP contribution in [-0.2, 0) is 22.3 Å². The van der Waals surface area contributed by atoms with Gasteiger partial charge in [0.25, 0.3) is 0 Å². The van der Waals surface area contributed by atoms with Crippen molar-refractivity contribution in [2.45, 2.75) is 57.6 Å². The molecule has 2 bridgehead atoms. The lowest BCUT2D eigenvalue weighted by atomic mass is 9.62. The van der Waals surface area contributed by atoms with Gasteiger partial charge < -0.3 is 9.64 Å². The number of ether oxygens (including phenoxy) is 1. The van der Waals surface area contributed by atoms with E-state index < -0.39 is 0 Å². The van der Waals surface area contributed by atoms with Crippen molar-refractivity contribution < 1.29 is 4.74 Å². The maximum absolute atomic E-state index is 6.34. The van der Waals surface area contributed by atoms with Crippen molar-refractivity contribution in [2.75, 3.05) is 24.6 Å². The average molecular weight is 470 g/mol. The maximum Gasteiger partial charge on any atom is 0.183 e. The molecule has 180 valence electrons. The van der Waals surface area contributed by atoms with Gasteiger partial charge in [-0.05, 0) is 50.3 Å². The van der Waals surface area contributed by atoms with Crippen LogP contribution in [0.3, 0.4) is 0 Å². The van der Waals surface area contributed by atoms with Gasteiger partial charge in [0.05, 0.1) is 36.9 Å². The number of rotatable bonds is 5. The molecular weight excluding hydrogens is 438 g/mol. The second kappa shape index (κ2) is 7.13. The number of anilines is 1. The Hall–Kier alpha value is -3.26. The van der Waals surface area contributed by atoms with Gasteiger partial charge in [0.2, 0.25) is 0 Å². The van der Waals surface area contributed by atoms with E-state index in [9.17, 15) is 0 Å². The zero-order valence-corrected chi connectivity index (χ0v) is 20.6. The smallest absolute Gasteiger partial charge is 0.183 e. The Kier molecular flexibility index (Phi) is 4.29. The Labute approximate surface area is 204 Å². The molecule has 4 aliphatic rings. The third kappa shape index (κ3) is 3.22. The molecular formula is C27H31N7O. The minimum atomic E-state index is -0.375. The van der Waals surface area contributed by atoms with E-state index in [0.29, 0.717) is 6.61 Å². The number of aryl methyl sites for hydroxylation is 2. The standard InChI is InChI=1S/C27H31N7O/c1-19-11-22(32-10-9-25(3,16-32)21-7-5-4-6-8-21)13-33-23(19)29-24(31-33)27-14-26(15-27,18-35-27)17-34-28-12-20(2)30-34/h4-8,11-13H,9-10,14-18H2,1-3H3/t25-,26?,27?/m0/s1. The zero-order valence-electron chi connectivity index (χ0n) is 20.6. The van der Waals surface area contributed by atoms with Gasteiger partial charge in [0.1, 0.15) is 5.60 Å². The molecule has 1 saturated carbocycles. The number of pyridine rings is 1. The highest BCUT2D eigenvalue weighted by molar-refractivity contribution is 5.58.